The van der Waals surface area contributed by atoms with Gasteiger partial charge in [-0.05, 0) is 124 Å². The van der Waals surface area contributed by atoms with Crippen molar-refractivity contribution in [2.75, 3.05) is 35.6 Å². The van der Waals surface area contributed by atoms with Gasteiger partial charge in [-0.2, -0.15) is 31.6 Å². The Morgan fingerprint density at radius 2 is 1.26 bits per heavy atom. The lowest BCUT2D eigenvalue weighted by Crippen LogP contribution is -2.99. The van der Waals surface area contributed by atoms with Crippen molar-refractivity contribution in [2.24, 2.45) is 4.99 Å². The average molecular weight is 1030 g/mol. The van der Waals surface area contributed by atoms with Gasteiger partial charge in [-0.1, -0.05) is 0 Å². The van der Waals surface area contributed by atoms with E-state index in [1.165, 1.54) is 24.3 Å². The number of carbonyl (C=O) groups is 5. The summed E-state index contributed by atoms with van der Waals surface area (Å²) >= 11 is 0. The first-order valence-electron chi connectivity index (χ1n) is 22.1. The van der Waals surface area contributed by atoms with Crippen LogP contribution in [0.5, 0.6) is 17.2 Å². The number of anilines is 3. The first-order valence-corrected chi connectivity index (χ1v) is 22.1. The number of hydrogen-bond acceptors (Lipinski definition) is 14. The van der Waals surface area contributed by atoms with E-state index in [4.69, 9.17) is 23.7 Å². The Morgan fingerprint density at radius 1 is 0.722 bits per heavy atom. The maximum atomic E-state index is 14.6. The number of amides is 5. The van der Waals surface area contributed by atoms with Crippen LogP contribution in [-0.2, 0) is 36.2 Å². The van der Waals surface area contributed by atoms with Gasteiger partial charge in [-0.15, -0.1) is 0 Å². The van der Waals surface area contributed by atoms with Crippen LogP contribution in [0.3, 0.4) is 0 Å². The minimum absolute atomic E-state index is 0.0130. The zero-order valence-electron chi connectivity index (χ0n) is 40.8. The predicted octanol–water partition coefficient (Wildman–Crippen LogP) is 8.53. The molecule has 72 heavy (non-hydrogen) atoms. The molecule has 4 rings (SSSR count). The number of rotatable bonds is 14. The molecule has 20 nitrogen and oxygen atoms in total. The molecule has 1 aliphatic rings. The Morgan fingerprint density at radius 3 is 1.76 bits per heavy atom. The topological polar surface area (TPSA) is 264 Å². The second kappa shape index (κ2) is 23.1. The van der Waals surface area contributed by atoms with Gasteiger partial charge in [-0.3, -0.25) is 20.4 Å². The molecule has 3 aromatic rings. The van der Waals surface area contributed by atoms with Gasteiger partial charge in [0.05, 0.1) is 22.5 Å². The van der Waals surface area contributed by atoms with E-state index in [1.54, 1.807) is 62.3 Å². The summed E-state index contributed by atoms with van der Waals surface area (Å²) in [5, 5.41) is 33.8. The number of aliphatic imine (C=N–C) groups is 1. The number of guanidine groups is 1. The third kappa shape index (κ3) is 18.7. The minimum atomic E-state index is -5.07. The zero-order chi connectivity index (χ0) is 54.0. The van der Waals surface area contributed by atoms with Crippen LogP contribution in [0.4, 0.5) is 63.5 Å². The normalized spacial score (nSPS) is 15.6. The van der Waals surface area contributed by atoms with Gasteiger partial charge < -0.3 is 50.2 Å². The van der Waals surface area contributed by atoms with Crippen molar-refractivity contribution in [1.29, 1.82) is 0 Å². The molecule has 0 radical (unpaired) electrons. The molecule has 0 saturated carbocycles. The molecule has 1 heterocycles. The third-order valence-corrected chi connectivity index (χ3v) is 9.27. The average Bonchev–Trinajstić information content (AvgIpc) is 3.69. The quantitative estimate of drug-likeness (QED) is 0.0143. The highest BCUT2D eigenvalue weighted by molar-refractivity contribution is 6.03. The van der Waals surface area contributed by atoms with Gasteiger partial charge in [0.1, 0.15) is 28.3 Å². The van der Waals surface area contributed by atoms with Crippen LogP contribution in [-0.4, -0.2) is 83.3 Å². The summed E-state index contributed by atoms with van der Waals surface area (Å²) in [5.74, 6) is -3.17. The molecule has 8 N–H and O–H groups in total. The number of nitrogens with zero attached hydrogens (tertiary/aromatic N) is 1. The van der Waals surface area contributed by atoms with Crippen LogP contribution in [0.25, 0.3) is 0 Å². The number of nitrogens with one attached hydrogen (secondary N) is 7. The fraction of sp³-hybridized carbons (Fsp3) is 0.478. The van der Waals surface area contributed by atoms with E-state index in [1.807, 2.05) is 0 Å². The number of urea groups is 1. The van der Waals surface area contributed by atoms with Crippen molar-refractivity contribution >= 4 is 58.8 Å². The molecule has 2 atom stereocenters. The minimum Gasteiger partial charge on any atom is -0.595 e. The van der Waals surface area contributed by atoms with Crippen molar-refractivity contribution in [3.8, 4) is 17.2 Å². The summed E-state index contributed by atoms with van der Waals surface area (Å²) in [4.78, 5) is 69.9. The zero-order valence-corrected chi connectivity index (χ0v) is 40.8. The summed E-state index contributed by atoms with van der Waals surface area (Å²) in [7, 11) is 0. The van der Waals surface area contributed by atoms with Gasteiger partial charge in [0.15, 0.2) is 11.4 Å². The van der Waals surface area contributed by atoms with E-state index in [0.29, 0.717) is 24.3 Å². The molecular weight excluding hydrogens is 971 g/mol. The number of ether oxygens (including phenoxy) is 5. The molecule has 26 heteroatoms. The number of carbonyl (C=O) groups excluding carboxylic acids is 5. The highest BCUT2D eigenvalue weighted by atomic mass is 19.4. The number of halogens is 6. The first kappa shape index (κ1) is 57.7. The highest BCUT2D eigenvalue weighted by Crippen LogP contribution is 2.44. The summed E-state index contributed by atoms with van der Waals surface area (Å²) < 4.78 is 112. The molecule has 3 aromatic carbocycles. The molecule has 0 bridgehead atoms. The van der Waals surface area contributed by atoms with Crippen molar-refractivity contribution in [1.82, 2.24) is 16.0 Å². The number of benzene rings is 3. The number of alkyl halides is 6. The fourth-order valence-electron chi connectivity index (χ4n) is 6.31. The molecular formula is C46H58F6N8O12. The molecule has 396 valence electrons. The van der Waals surface area contributed by atoms with Crippen molar-refractivity contribution < 1.29 is 84.4 Å². The second-order valence-electron chi connectivity index (χ2n) is 19.2. The van der Waals surface area contributed by atoms with Crippen LogP contribution in [0.2, 0.25) is 0 Å². The summed E-state index contributed by atoms with van der Waals surface area (Å²) in [6.07, 6.45) is -12.0. The van der Waals surface area contributed by atoms with Crippen LogP contribution in [0.15, 0.2) is 59.6 Å². The summed E-state index contributed by atoms with van der Waals surface area (Å²) in [6, 6.07) is 6.66. The Labute approximate surface area is 410 Å². The Kier molecular flexibility index (Phi) is 18.5. The fourth-order valence-corrected chi connectivity index (χ4v) is 6.31. The van der Waals surface area contributed by atoms with E-state index in [9.17, 15) is 60.7 Å². The van der Waals surface area contributed by atoms with Gasteiger partial charge in [0.25, 0.3) is 0 Å². The first-order chi connectivity index (χ1) is 33.1. The Bertz CT molecular complexity index is 2430. The molecule has 1 unspecified atom stereocenters. The monoisotopic (exact) mass is 1030 g/mol. The number of unbranched alkanes of at least 4 members (excludes halogenated alkanes) is 1. The predicted molar refractivity (Wildman–Crippen MR) is 248 cm³/mol. The Balaban J connectivity index is 1.61. The van der Waals surface area contributed by atoms with E-state index in [0.717, 1.165) is 6.07 Å². The van der Waals surface area contributed by atoms with Gasteiger partial charge in [-0.25, -0.2) is 24.4 Å². The van der Waals surface area contributed by atoms with E-state index < -0.39 is 110 Å². The number of quaternary nitrogens is 1. The largest absolute Gasteiger partial charge is 0.595 e. The van der Waals surface area contributed by atoms with Gasteiger partial charge in [0, 0.05) is 43.8 Å². The van der Waals surface area contributed by atoms with Crippen molar-refractivity contribution in [3.63, 3.8) is 0 Å². The molecule has 0 spiro atoms. The molecule has 1 fully saturated rings. The van der Waals surface area contributed by atoms with Crippen LogP contribution < -0.4 is 46.6 Å². The molecule has 0 aromatic heterocycles. The number of alkyl carbamates (subject to hydrolysis) is 2. The molecule has 0 aliphatic carbocycles. The van der Waals surface area contributed by atoms with E-state index >= 15 is 0 Å². The van der Waals surface area contributed by atoms with Crippen LogP contribution in [0, 0.1) is 5.21 Å². The van der Waals surface area contributed by atoms with E-state index in [-0.39, 0.29) is 62.7 Å². The highest BCUT2D eigenvalue weighted by Gasteiger charge is 2.48. The maximum absolute atomic E-state index is 14.6. The SMILES string of the molecule is CC(C)(C)OC(=O)NC(=NCCCCC(=O)Nc1cc(C(F)(F)F)cc(NC(=O)Nc2ccc(Oc3cc([NH+]([O-])O)cc(C(F)(F)F)c3)cc2)c1O[C@]1(C(=O)OC(C)(C)C)CCNC1)NC(=O)OC(C)(C)C. The second-order valence-corrected chi connectivity index (χ2v) is 19.2. The van der Waals surface area contributed by atoms with Crippen LogP contribution >= 0.6 is 0 Å². The lowest BCUT2D eigenvalue weighted by Gasteiger charge is -2.33. The van der Waals surface area contributed by atoms with Gasteiger partial charge >= 0.3 is 36.5 Å². The summed E-state index contributed by atoms with van der Waals surface area (Å²) in [6.45, 7) is 14.4. The van der Waals surface area contributed by atoms with E-state index in [2.05, 4.69) is 36.9 Å². The molecule has 1 saturated heterocycles. The summed E-state index contributed by atoms with van der Waals surface area (Å²) in [5.41, 5.74) is -9.32. The lowest BCUT2D eigenvalue weighted by atomic mass is 10.0. The van der Waals surface area contributed by atoms with Gasteiger partial charge in [0.2, 0.25) is 17.5 Å². The molecule has 1 aliphatic heterocycles. The third-order valence-electron chi connectivity index (χ3n) is 9.27. The number of hydrogen-bond donors (Lipinski definition) is 8. The van der Waals surface area contributed by atoms with Crippen LogP contribution in [0.1, 0.15) is 99.1 Å². The standard InChI is InChI=1S/C46H58F6N8O12/c1-41(2,3)70-36(62)44(17-19-53-25-44)69-35-32(56-34(61)12-10-11-18-54-37(58-39(64)71-42(4,5)6)59-40(65)72-43(7,8)9)22-27(46(50,51)52)23-33(35)57-38(63)55-28-13-15-30(16-14-28)68-31-21-26(45(47,48)49)20-29(24-31)60(66)67/h13-16,20-24,53,60,66H,10-12,17-19,25H2,1-9H3,(H,56,61)(H2,55,57,63)(H2,54,58,59,64,65)/t44-/m1/s1. The van der Waals surface area contributed by atoms with Crippen molar-refractivity contribution in [3.05, 3.63) is 70.9 Å². The lowest BCUT2D eigenvalue weighted by molar-refractivity contribution is -0.991. The smallest absolute Gasteiger partial charge is 0.416 e. The molecule has 5 amide bonds. The maximum Gasteiger partial charge on any atom is 0.416 e. The van der Waals surface area contributed by atoms with Crippen molar-refractivity contribution in [2.45, 2.75) is 123 Å². The Hall–Kier alpha value is -6.90. The number of esters is 1.